The van der Waals surface area contributed by atoms with Crippen LogP contribution in [0.3, 0.4) is 0 Å². The Balaban J connectivity index is 1.49. The van der Waals surface area contributed by atoms with Crippen molar-refractivity contribution in [2.45, 2.75) is 57.1 Å². The number of methoxy groups -OCH3 is 1. The van der Waals surface area contributed by atoms with E-state index in [1.54, 1.807) is 30.3 Å². The number of benzene rings is 2. The van der Waals surface area contributed by atoms with Crippen molar-refractivity contribution >= 4 is 35.1 Å². The van der Waals surface area contributed by atoms with E-state index in [1.165, 1.54) is 7.11 Å². The molecule has 7 nitrogen and oxygen atoms in total. The van der Waals surface area contributed by atoms with Crippen molar-refractivity contribution < 1.29 is 23.9 Å². The van der Waals surface area contributed by atoms with Gasteiger partial charge in [-0.3, -0.25) is 9.59 Å². The lowest BCUT2D eigenvalue weighted by Gasteiger charge is -2.34. The molecule has 1 saturated heterocycles. The first kappa shape index (κ1) is 25.2. The molecule has 2 fully saturated rings. The number of amides is 2. The van der Waals surface area contributed by atoms with Gasteiger partial charge in [-0.2, -0.15) is 0 Å². The molecule has 0 bridgehead atoms. The Labute approximate surface area is 210 Å². The van der Waals surface area contributed by atoms with Crippen molar-refractivity contribution in [1.82, 2.24) is 5.32 Å². The normalized spacial score (nSPS) is 19.9. The molecule has 35 heavy (non-hydrogen) atoms. The molecule has 1 saturated carbocycles. The summed E-state index contributed by atoms with van der Waals surface area (Å²) in [6, 6.07) is 12.3. The van der Waals surface area contributed by atoms with Crippen LogP contribution in [0.1, 0.15) is 61.0 Å². The number of rotatable bonds is 7. The topological polar surface area (TPSA) is 93.7 Å². The number of esters is 1. The first-order valence-corrected chi connectivity index (χ1v) is 12.2. The highest BCUT2D eigenvalue weighted by Gasteiger charge is 2.51. The zero-order chi connectivity index (χ0) is 25.2. The minimum absolute atomic E-state index is 0.0462. The molecule has 1 aliphatic carbocycles. The van der Waals surface area contributed by atoms with Crippen LogP contribution in [0.25, 0.3) is 0 Å². The third-order valence-electron chi connectivity index (χ3n) is 6.79. The molecule has 2 amide bonds. The Kier molecular flexibility index (Phi) is 7.20. The van der Waals surface area contributed by atoms with Crippen LogP contribution in [-0.2, 0) is 31.0 Å². The molecule has 1 unspecified atom stereocenters. The Morgan fingerprint density at radius 2 is 1.83 bits per heavy atom. The minimum Gasteiger partial charge on any atom is -0.465 e. The second-order valence-electron chi connectivity index (χ2n) is 9.97. The van der Waals surface area contributed by atoms with E-state index in [0.717, 1.165) is 18.4 Å². The molecule has 1 aliphatic heterocycles. The van der Waals surface area contributed by atoms with Gasteiger partial charge in [0.2, 0.25) is 11.8 Å². The molecule has 0 radical (unpaired) electrons. The van der Waals surface area contributed by atoms with Crippen molar-refractivity contribution in [2.75, 3.05) is 19.0 Å². The second kappa shape index (κ2) is 9.99. The van der Waals surface area contributed by atoms with E-state index in [-0.39, 0.29) is 29.9 Å². The summed E-state index contributed by atoms with van der Waals surface area (Å²) in [6.45, 7) is 4.75. The smallest absolute Gasteiger partial charge is 0.337 e. The number of nitrogens with one attached hydrogen (secondary N) is 2. The Morgan fingerprint density at radius 3 is 2.46 bits per heavy atom. The quantitative estimate of drug-likeness (QED) is 0.543. The lowest BCUT2D eigenvalue weighted by atomic mass is 9.88. The largest absolute Gasteiger partial charge is 0.465 e. The van der Waals surface area contributed by atoms with Gasteiger partial charge in [-0.15, -0.1) is 0 Å². The van der Waals surface area contributed by atoms with Gasteiger partial charge in [-0.1, -0.05) is 23.7 Å². The van der Waals surface area contributed by atoms with Gasteiger partial charge >= 0.3 is 5.97 Å². The molecular formula is C27H31ClN2O5. The van der Waals surface area contributed by atoms with Crippen LogP contribution in [-0.4, -0.2) is 37.1 Å². The molecule has 2 N–H and O–H groups in total. The van der Waals surface area contributed by atoms with Crippen molar-refractivity contribution in [3.8, 4) is 0 Å². The fourth-order valence-corrected chi connectivity index (χ4v) is 4.81. The summed E-state index contributed by atoms with van der Waals surface area (Å²) in [7, 11) is 1.31. The minimum atomic E-state index is -0.601. The van der Waals surface area contributed by atoms with Crippen LogP contribution in [0.5, 0.6) is 0 Å². The van der Waals surface area contributed by atoms with Gasteiger partial charge in [-0.05, 0) is 81.0 Å². The van der Waals surface area contributed by atoms with E-state index in [4.69, 9.17) is 21.1 Å². The Morgan fingerprint density at radius 1 is 1.11 bits per heavy atom. The van der Waals surface area contributed by atoms with E-state index in [9.17, 15) is 14.4 Å². The number of hydrogen-bond acceptors (Lipinski definition) is 5. The molecule has 186 valence electrons. The van der Waals surface area contributed by atoms with Gasteiger partial charge < -0.3 is 20.1 Å². The van der Waals surface area contributed by atoms with Gasteiger partial charge in [0.05, 0.1) is 23.7 Å². The van der Waals surface area contributed by atoms with Gasteiger partial charge in [0.1, 0.15) is 0 Å². The summed E-state index contributed by atoms with van der Waals surface area (Å²) < 4.78 is 10.6. The Hall–Kier alpha value is -2.90. The first-order chi connectivity index (χ1) is 16.6. The van der Waals surface area contributed by atoms with Crippen molar-refractivity contribution in [3.05, 3.63) is 64.2 Å². The van der Waals surface area contributed by atoms with E-state index < -0.39 is 11.4 Å². The highest BCUT2D eigenvalue weighted by Crippen LogP contribution is 2.49. The van der Waals surface area contributed by atoms with Crippen molar-refractivity contribution in [2.24, 2.45) is 5.92 Å². The van der Waals surface area contributed by atoms with Gasteiger partial charge in [-0.25, -0.2) is 4.79 Å². The number of halogens is 1. The van der Waals surface area contributed by atoms with Crippen LogP contribution in [0.2, 0.25) is 5.02 Å². The number of carbonyl (C=O) groups excluding carboxylic acids is 3. The lowest BCUT2D eigenvalue weighted by molar-refractivity contribution is -0.135. The first-order valence-electron chi connectivity index (χ1n) is 11.8. The maximum Gasteiger partial charge on any atom is 0.337 e. The predicted molar refractivity (Wildman–Crippen MR) is 133 cm³/mol. The average Bonchev–Trinajstić information content (AvgIpc) is 3.64. The van der Waals surface area contributed by atoms with E-state index in [2.05, 4.69) is 10.6 Å². The maximum absolute atomic E-state index is 13.2. The zero-order valence-corrected chi connectivity index (χ0v) is 21.0. The molecular weight excluding hydrogens is 468 g/mol. The standard InChI is InChI=1S/C27H31ClN2O5/c1-26(2)15-18(8-11-35-26)23(31)29-16-17-12-19(24(32)34-3)14-22(13-17)30-25(33)27(9-10-27)20-4-6-21(28)7-5-20/h4-7,12-14,18H,8-11,15-16H2,1-3H3,(H,29,31)(H,30,33). The molecule has 4 rings (SSSR count). The number of anilines is 1. The van der Waals surface area contributed by atoms with Crippen molar-refractivity contribution in [3.63, 3.8) is 0 Å². The van der Waals surface area contributed by atoms with Gasteiger partial charge in [0.25, 0.3) is 0 Å². The second-order valence-corrected chi connectivity index (χ2v) is 10.4. The summed E-state index contributed by atoms with van der Waals surface area (Å²) >= 11 is 6.00. The summed E-state index contributed by atoms with van der Waals surface area (Å²) in [4.78, 5) is 38.3. The molecule has 2 aromatic rings. The fraction of sp³-hybridized carbons (Fsp3) is 0.444. The van der Waals surface area contributed by atoms with Gasteiger partial charge in [0, 0.05) is 29.8 Å². The highest BCUT2D eigenvalue weighted by molar-refractivity contribution is 6.30. The van der Waals surface area contributed by atoms with E-state index in [0.29, 0.717) is 41.3 Å². The average molecular weight is 499 g/mol. The molecule has 0 spiro atoms. The van der Waals surface area contributed by atoms with Crippen molar-refractivity contribution in [1.29, 1.82) is 0 Å². The molecule has 8 heteroatoms. The molecule has 2 aliphatic rings. The van der Waals surface area contributed by atoms with Crippen LogP contribution in [0.4, 0.5) is 5.69 Å². The molecule has 1 atom stereocenters. The van der Waals surface area contributed by atoms with Gasteiger partial charge in [0.15, 0.2) is 0 Å². The number of carbonyl (C=O) groups is 3. The van der Waals surface area contributed by atoms with Crippen LogP contribution >= 0.6 is 11.6 Å². The number of hydrogen-bond donors (Lipinski definition) is 2. The number of ether oxygens (including phenoxy) is 2. The third-order valence-corrected chi connectivity index (χ3v) is 7.04. The van der Waals surface area contributed by atoms with Crippen LogP contribution in [0, 0.1) is 5.92 Å². The summed E-state index contributed by atoms with van der Waals surface area (Å²) in [5.74, 6) is -0.828. The predicted octanol–water partition coefficient (Wildman–Crippen LogP) is 4.62. The van der Waals surface area contributed by atoms with E-state index in [1.807, 2.05) is 26.0 Å². The van der Waals surface area contributed by atoms with Crippen LogP contribution < -0.4 is 10.6 Å². The zero-order valence-electron chi connectivity index (χ0n) is 20.3. The Bertz CT molecular complexity index is 1120. The molecule has 1 heterocycles. The summed E-state index contributed by atoms with van der Waals surface area (Å²) in [5, 5.41) is 6.56. The lowest BCUT2D eigenvalue weighted by Crippen LogP contribution is -2.41. The molecule has 2 aromatic carbocycles. The fourth-order valence-electron chi connectivity index (χ4n) is 4.68. The highest BCUT2D eigenvalue weighted by atomic mass is 35.5. The molecule has 0 aromatic heterocycles. The van der Waals surface area contributed by atoms with E-state index >= 15 is 0 Å². The summed E-state index contributed by atoms with van der Waals surface area (Å²) in [6.07, 6.45) is 2.80. The SMILES string of the molecule is COC(=O)c1cc(CNC(=O)C2CCOC(C)(C)C2)cc(NC(=O)C2(c3ccc(Cl)cc3)CC2)c1. The monoisotopic (exact) mass is 498 g/mol. The maximum atomic E-state index is 13.2. The summed E-state index contributed by atoms with van der Waals surface area (Å²) in [5.41, 5.74) is 1.46. The third kappa shape index (κ3) is 5.85. The van der Waals surface area contributed by atoms with Crippen LogP contribution in [0.15, 0.2) is 42.5 Å².